The van der Waals surface area contributed by atoms with E-state index in [1.165, 1.54) is 11.1 Å². The molecular formula is C18H24N2S. The lowest BCUT2D eigenvalue weighted by Crippen LogP contribution is -2.28. The second-order valence-corrected chi connectivity index (χ2v) is 6.79. The van der Waals surface area contributed by atoms with Gasteiger partial charge in [-0.05, 0) is 43.7 Å². The van der Waals surface area contributed by atoms with Gasteiger partial charge in [0.1, 0.15) is 0 Å². The summed E-state index contributed by atoms with van der Waals surface area (Å²) in [7, 11) is 0. The fraction of sp³-hybridized carbons (Fsp3) is 0.389. The summed E-state index contributed by atoms with van der Waals surface area (Å²) in [6.45, 7) is 9.57. The van der Waals surface area contributed by atoms with Crippen LogP contribution in [0.4, 0.5) is 0 Å². The minimum Gasteiger partial charge on any atom is -0.309 e. The molecule has 2 unspecified atom stereocenters. The standard InChI is InChI=1S/C18H24N2S/c1-5-19-18(16-9-7-6-8-10-16)15(4)21-17-12-13(2)11-14(3)20-17/h6-12,15,18-19H,5H2,1-4H3. The predicted octanol–water partition coefficient (Wildman–Crippen LogP) is 4.53. The summed E-state index contributed by atoms with van der Waals surface area (Å²) in [6, 6.07) is 15.3. The van der Waals surface area contributed by atoms with Gasteiger partial charge in [0.2, 0.25) is 0 Å². The van der Waals surface area contributed by atoms with Crippen LogP contribution in [0.15, 0.2) is 47.5 Å². The molecule has 21 heavy (non-hydrogen) atoms. The number of benzene rings is 1. The van der Waals surface area contributed by atoms with Gasteiger partial charge in [-0.2, -0.15) is 0 Å². The zero-order valence-electron chi connectivity index (χ0n) is 13.3. The molecule has 2 aromatic rings. The molecule has 0 aliphatic rings. The Bertz CT molecular complexity index is 548. The Morgan fingerprint density at radius 3 is 2.48 bits per heavy atom. The number of nitrogens with zero attached hydrogens (tertiary/aromatic N) is 1. The average molecular weight is 300 g/mol. The Balaban J connectivity index is 2.17. The van der Waals surface area contributed by atoms with Gasteiger partial charge in [0.05, 0.1) is 5.03 Å². The number of aromatic nitrogens is 1. The van der Waals surface area contributed by atoms with E-state index in [1.54, 1.807) is 0 Å². The van der Waals surface area contributed by atoms with E-state index in [1.807, 2.05) is 11.8 Å². The molecule has 0 radical (unpaired) electrons. The van der Waals surface area contributed by atoms with Crippen LogP contribution in [0.5, 0.6) is 0 Å². The third-order valence-electron chi connectivity index (χ3n) is 3.43. The van der Waals surface area contributed by atoms with E-state index in [4.69, 9.17) is 0 Å². The summed E-state index contributed by atoms with van der Waals surface area (Å²) >= 11 is 1.84. The molecule has 0 saturated heterocycles. The van der Waals surface area contributed by atoms with Crippen molar-refractivity contribution in [1.29, 1.82) is 0 Å². The molecule has 2 nitrogen and oxygen atoms in total. The zero-order valence-corrected chi connectivity index (χ0v) is 14.1. The monoisotopic (exact) mass is 300 g/mol. The molecule has 2 rings (SSSR count). The molecule has 0 spiro atoms. The number of thioether (sulfide) groups is 1. The summed E-state index contributed by atoms with van der Waals surface area (Å²) in [6.07, 6.45) is 0. The molecule has 0 saturated carbocycles. The van der Waals surface area contributed by atoms with Crippen LogP contribution in [0.2, 0.25) is 0 Å². The molecule has 0 fully saturated rings. The van der Waals surface area contributed by atoms with Gasteiger partial charge < -0.3 is 5.32 Å². The fourth-order valence-electron chi connectivity index (χ4n) is 2.56. The molecule has 112 valence electrons. The molecule has 3 heteroatoms. The third kappa shape index (κ3) is 4.58. The lowest BCUT2D eigenvalue weighted by Gasteiger charge is -2.24. The summed E-state index contributed by atoms with van der Waals surface area (Å²) < 4.78 is 0. The van der Waals surface area contributed by atoms with Crippen LogP contribution in [0.3, 0.4) is 0 Å². The van der Waals surface area contributed by atoms with Gasteiger partial charge in [-0.3, -0.25) is 0 Å². The molecule has 0 amide bonds. The van der Waals surface area contributed by atoms with Crippen molar-refractivity contribution in [1.82, 2.24) is 10.3 Å². The number of hydrogen-bond acceptors (Lipinski definition) is 3. The van der Waals surface area contributed by atoms with Crippen molar-refractivity contribution in [3.05, 3.63) is 59.3 Å². The Morgan fingerprint density at radius 2 is 1.86 bits per heavy atom. The number of rotatable bonds is 6. The molecule has 2 atom stereocenters. The van der Waals surface area contributed by atoms with Crippen LogP contribution >= 0.6 is 11.8 Å². The summed E-state index contributed by atoms with van der Waals surface area (Å²) in [5.74, 6) is 0. The highest BCUT2D eigenvalue weighted by Gasteiger charge is 2.19. The van der Waals surface area contributed by atoms with E-state index < -0.39 is 0 Å². The Hall–Kier alpha value is -1.32. The van der Waals surface area contributed by atoms with E-state index in [2.05, 4.69) is 80.5 Å². The number of nitrogens with one attached hydrogen (secondary N) is 1. The van der Waals surface area contributed by atoms with Crippen molar-refractivity contribution in [3.8, 4) is 0 Å². The predicted molar refractivity (Wildman–Crippen MR) is 91.9 cm³/mol. The van der Waals surface area contributed by atoms with Crippen LogP contribution in [-0.2, 0) is 0 Å². The van der Waals surface area contributed by atoms with Crippen LogP contribution in [-0.4, -0.2) is 16.8 Å². The van der Waals surface area contributed by atoms with Crippen molar-refractivity contribution in [2.75, 3.05) is 6.54 Å². The number of hydrogen-bond donors (Lipinski definition) is 1. The van der Waals surface area contributed by atoms with Crippen molar-refractivity contribution in [3.63, 3.8) is 0 Å². The van der Waals surface area contributed by atoms with Crippen LogP contribution in [0.25, 0.3) is 0 Å². The van der Waals surface area contributed by atoms with E-state index >= 15 is 0 Å². The quantitative estimate of drug-likeness (QED) is 0.793. The third-order valence-corrected chi connectivity index (χ3v) is 4.53. The highest BCUT2D eigenvalue weighted by molar-refractivity contribution is 7.99. The van der Waals surface area contributed by atoms with Crippen molar-refractivity contribution in [2.45, 2.75) is 44.0 Å². The Labute approximate surface area is 132 Å². The largest absolute Gasteiger partial charge is 0.309 e. The molecule has 0 bridgehead atoms. The van der Waals surface area contributed by atoms with Crippen molar-refractivity contribution >= 4 is 11.8 Å². The van der Waals surface area contributed by atoms with Gasteiger partial charge >= 0.3 is 0 Å². The number of aryl methyl sites for hydroxylation is 2. The number of pyridine rings is 1. The first kappa shape index (κ1) is 16.1. The topological polar surface area (TPSA) is 24.9 Å². The Kier molecular flexibility index (Phi) is 5.83. The average Bonchev–Trinajstić information content (AvgIpc) is 2.44. The first-order valence-electron chi connectivity index (χ1n) is 7.50. The van der Waals surface area contributed by atoms with Crippen molar-refractivity contribution < 1.29 is 0 Å². The zero-order chi connectivity index (χ0) is 15.2. The van der Waals surface area contributed by atoms with E-state index in [9.17, 15) is 0 Å². The maximum atomic E-state index is 4.65. The van der Waals surface area contributed by atoms with Gasteiger partial charge in [-0.1, -0.05) is 44.2 Å². The van der Waals surface area contributed by atoms with Crippen molar-refractivity contribution in [2.24, 2.45) is 0 Å². The Morgan fingerprint density at radius 1 is 1.14 bits per heavy atom. The van der Waals surface area contributed by atoms with E-state index in [0.29, 0.717) is 11.3 Å². The first-order chi connectivity index (χ1) is 10.1. The van der Waals surface area contributed by atoms with E-state index in [-0.39, 0.29) is 0 Å². The summed E-state index contributed by atoms with van der Waals surface area (Å²) in [5.41, 5.74) is 3.70. The molecule has 1 aromatic carbocycles. The van der Waals surface area contributed by atoms with E-state index in [0.717, 1.165) is 17.3 Å². The molecule has 1 N–H and O–H groups in total. The van der Waals surface area contributed by atoms with Gasteiger partial charge in [0.15, 0.2) is 0 Å². The highest BCUT2D eigenvalue weighted by Crippen LogP contribution is 2.31. The maximum Gasteiger partial charge on any atom is 0.0968 e. The van der Waals surface area contributed by atoms with Crippen LogP contribution in [0, 0.1) is 13.8 Å². The maximum absolute atomic E-state index is 4.65. The first-order valence-corrected chi connectivity index (χ1v) is 8.38. The fourth-order valence-corrected chi connectivity index (χ4v) is 3.78. The van der Waals surface area contributed by atoms with Gasteiger partial charge in [-0.25, -0.2) is 4.98 Å². The van der Waals surface area contributed by atoms with Crippen LogP contribution < -0.4 is 5.32 Å². The second-order valence-electron chi connectivity index (χ2n) is 5.39. The second kappa shape index (κ2) is 7.62. The summed E-state index contributed by atoms with van der Waals surface area (Å²) in [5, 5.41) is 5.13. The summed E-state index contributed by atoms with van der Waals surface area (Å²) in [4.78, 5) is 4.65. The molecule has 0 aliphatic heterocycles. The van der Waals surface area contributed by atoms with Gasteiger partial charge in [0.25, 0.3) is 0 Å². The van der Waals surface area contributed by atoms with Crippen LogP contribution in [0.1, 0.15) is 36.7 Å². The molecule has 1 heterocycles. The highest BCUT2D eigenvalue weighted by atomic mass is 32.2. The SMILES string of the molecule is CCNC(c1ccccc1)C(C)Sc1cc(C)cc(C)n1. The van der Waals surface area contributed by atoms with Gasteiger partial charge in [-0.15, -0.1) is 11.8 Å². The van der Waals surface area contributed by atoms with Gasteiger partial charge in [0, 0.05) is 17.0 Å². The lowest BCUT2D eigenvalue weighted by atomic mass is 10.0. The molecular weight excluding hydrogens is 276 g/mol. The smallest absolute Gasteiger partial charge is 0.0968 e. The minimum absolute atomic E-state index is 0.337. The molecule has 1 aromatic heterocycles. The lowest BCUT2D eigenvalue weighted by molar-refractivity contribution is 0.547. The molecule has 0 aliphatic carbocycles. The normalized spacial score (nSPS) is 13.9. The minimum atomic E-state index is 0.337.